The van der Waals surface area contributed by atoms with E-state index in [2.05, 4.69) is 22.4 Å². The van der Waals surface area contributed by atoms with E-state index in [4.69, 9.17) is 5.11 Å². The average molecular weight is 225 g/mol. The molecule has 0 saturated carbocycles. The lowest BCUT2D eigenvalue weighted by Gasteiger charge is -2.02. The van der Waals surface area contributed by atoms with Gasteiger partial charge in [-0.05, 0) is 22.9 Å². The molecule has 0 saturated heterocycles. The fraction of sp³-hybridized carbons (Fsp3) is 0.0769. The Morgan fingerprint density at radius 1 is 1.06 bits per heavy atom. The molecule has 1 aromatic heterocycles. The molecule has 1 heterocycles. The van der Waals surface area contributed by atoms with Crippen molar-refractivity contribution < 1.29 is 5.11 Å². The van der Waals surface area contributed by atoms with Gasteiger partial charge in [0.2, 0.25) is 0 Å². The van der Waals surface area contributed by atoms with Crippen molar-refractivity contribution in [2.45, 2.75) is 6.61 Å². The molecule has 3 aromatic rings. The molecule has 0 fully saturated rings. The van der Waals surface area contributed by atoms with Crippen LogP contribution in [0.4, 0.5) is 0 Å². The Labute approximate surface area is 98.1 Å². The van der Waals surface area contributed by atoms with Gasteiger partial charge in [0.1, 0.15) is 5.69 Å². The number of fused-ring (bicyclic) bond motifs is 1. The van der Waals surface area contributed by atoms with Crippen LogP contribution in [-0.4, -0.2) is 20.1 Å². The van der Waals surface area contributed by atoms with Gasteiger partial charge in [0, 0.05) is 0 Å². The van der Waals surface area contributed by atoms with Crippen LogP contribution in [-0.2, 0) is 6.61 Å². The van der Waals surface area contributed by atoms with Gasteiger partial charge in [-0.2, -0.15) is 0 Å². The topological polar surface area (TPSA) is 50.9 Å². The maximum atomic E-state index is 8.95. The number of hydrogen-bond donors (Lipinski definition) is 1. The molecule has 0 radical (unpaired) electrons. The number of nitrogens with zero attached hydrogens (tertiary/aromatic N) is 3. The van der Waals surface area contributed by atoms with Crippen LogP contribution in [0.1, 0.15) is 5.69 Å². The summed E-state index contributed by atoms with van der Waals surface area (Å²) in [5.74, 6) is 0. The van der Waals surface area contributed by atoms with Crippen LogP contribution in [0, 0.1) is 0 Å². The SMILES string of the molecule is OCc1cn(-c2ccc3ccccc3c2)nn1. The Balaban J connectivity index is 2.11. The quantitative estimate of drug-likeness (QED) is 0.724. The maximum Gasteiger partial charge on any atom is 0.109 e. The second-order valence-corrected chi connectivity index (χ2v) is 3.84. The van der Waals surface area contributed by atoms with Crippen molar-refractivity contribution in [3.63, 3.8) is 0 Å². The van der Waals surface area contributed by atoms with E-state index in [0.717, 1.165) is 11.1 Å². The van der Waals surface area contributed by atoms with Crippen LogP contribution < -0.4 is 0 Å². The first kappa shape index (κ1) is 9.99. The Kier molecular flexibility index (Phi) is 2.34. The highest BCUT2D eigenvalue weighted by Crippen LogP contribution is 2.17. The number of aliphatic hydroxyl groups is 1. The van der Waals surface area contributed by atoms with Gasteiger partial charge in [-0.3, -0.25) is 0 Å². The molecule has 0 spiro atoms. The minimum atomic E-state index is -0.0897. The second kappa shape index (κ2) is 3.99. The number of aliphatic hydroxyl groups excluding tert-OH is 1. The van der Waals surface area contributed by atoms with Crippen molar-refractivity contribution in [3.05, 3.63) is 54.4 Å². The first-order valence-electron chi connectivity index (χ1n) is 5.38. The van der Waals surface area contributed by atoms with E-state index in [-0.39, 0.29) is 6.61 Å². The summed E-state index contributed by atoms with van der Waals surface area (Å²) in [6.45, 7) is -0.0897. The van der Waals surface area contributed by atoms with E-state index >= 15 is 0 Å². The van der Waals surface area contributed by atoms with E-state index < -0.39 is 0 Å². The molecule has 0 atom stereocenters. The summed E-state index contributed by atoms with van der Waals surface area (Å²) in [5.41, 5.74) is 1.51. The van der Waals surface area contributed by atoms with Crippen LogP contribution in [0.5, 0.6) is 0 Å². The predicted molar refractivity (Wildman–Crippen MR) is 64.8 cm³/mol. The molecule has 1 N–H and O–H groups in total. The zero-order valence-electron chi connectivity index (χ0n) is 9.11. The summed E-state index contributed by atoms with van der Waals surface area (Å²) in [6.07, 6.45) is 1.73. The molecule has 3 rings (SSSR count). The highest BCUT2D eigenvalue weighted by molar-refractivity contribution is 5.84. The fourth-order valence-electron chi connectivity index (χ4n) is 1.82. The molecule has 0 amide bonds. The minimum Gasteiger partial charge on any atom is -0.390 e. The van der Waals surface area contributed by atoms with Gasteiger partial charge in [-0.25, -0.2) is 4.68 Å². The summed E-state index contributed by atoms with van der Waals surface area (Å²) in [5, 5.41) is 19.1. The molecular formula is C13H11N3O. The smallest absolute Gasteiger partial charge is 0.109 e. The first-order chi connectivity index (χ1) is 8.36. The van der Waals surface area contributed by atoms with Gasteiger partial charge in [0.05, 0.1) is 18.5 Å². The Bertz CT molecular complexity index is 660. The second-order valence-electron chi connectivity index (χ2n) is 3.84. The van der Waals surface area contributed by atoms with Crippen molar-refractivity contribution in [2.75, 3.05) is 0 Å². The zero-order chi connectivity index (χ0) is 11.7. The third-order valence-electron chi connectivity index (χ3n) is 2.70. The van der Waals surface area contributed by atoms with Crippen molar-refractivity contribution >= 4 is 10.8 Å². The van der Waals surface area contributed by atoms with E-state index in [1.807, 2.05) is 30.3 Å². The lowest BCUT2D eigenvalue weighted by molar-refractivity contribution is 0.276. The molecule has 2 aromatic carbocycles. The molecule has 0 aliphatic heterocycles. The monoisotopic (exact) mass is 225 g/mol. The van der Waals surface area contributed by atoms with E-state index in [1.54, 1.807) is 10.9 Å². The van der Waals surface area contributed by atoms with Crippen LogP contribution in [0.15, 0.2) is 48.7 Å². The summed E-state index contributed by atoms with van der Waals surface area (Å²) < 4.78 is 1.66. The van der Waals surface area contributed by atoms with Gasteiger partial charge < -0.3 is 5.11 Å². The van der Waals surface area contributed by atoms with Gasteiger partial charge in [0.15, 0.2) is 0 Å². The molecule has 4 nitrogen and oxygen atoms in total. The van der Waals surface area contributed by atoms with Crippen molar-refractivity contribution in [1.82, 2.24) is 15.0 Å². The lowest BCUT2D eigenvalue weighted by atomic mass is 10.1. The summed E-state index contributed by atoms with van der Waals surface area (Å²) in [6, 6.07) is 14.2. The average Bonchev–Trinajstić information content (AvgIpc) is 2.87. The van der Waals surface area contributed by atoms with Crippen LogP contribution in [0.3, 0.4) is 0 Å². The zero-order valence-corrected chi connectivity index (χ0v) is 9.11. The Morgan fingerprint density at radius 2 is 1.88 bits per heavy atom. The van der Waals surface area contributed by atoms with Crippen molar-refractivity contribution in [2.24, 2.45) is 0 Å². The van der Waals surface area contributed by atoms with Crippen LogP contribution >= 0.6 is 0 Å². The highest BCUT2D eigenvalue weighted by atomic mass is 16.3. The molecule has 0 aliphatic carbocycles. The summed E-state index contributed by atoms with van der Waals surface area (Å²) >= 11 is 0. The van der Waals surface area contributed by atoms with Gasteiger partial charge >= 0.3 is 0 Å². The number of rotatable bonds is 2. The Hall–Kier alpha value is -2.20. The Morgan fingerprint density at radius 3 is 2.65 bits per heavy atom. The van der Waals surface area contributed by atoms with Gasteiger partial charge in [-0.1, -0.05) is 35.5 Å². The molecule has 84 valence electrons. The fourth-order valence-corrected chi connectivity index (χ4v) is 1.82. The van der Waals surface area contributed by atoms with Crippen LogP contribution in [0.25, 0.3) is 16.5 Å². The number of hydrogen-bond acceptors (Lipinski definition) is 3. The van der Waals surface area contributed by atoms with E-state index in [0.29, 0.717) is 5.69 Å². The molecule has 0 bridgehead atoms. The predicted octanol–water partition coefficient (Wildman–Crippen LogP) is 1.91. The normalized spacial score (nSPS) is 10.9. The number of benzene rings is 2. The summed E-state index contributed by atoms with van der Waals surface area (Å²) in [4.78, 5) is 0. The van der Waals surface area contributed by atoms with Crippen molar-refractivity contribution in [3.8, 4) is 5.69 Å². The van der Waals surface area contributed by atoms with Crippen molar-refractivity contribution in [1.29, 1.82) is 0 Å². The third-order valence-corrected chi connectivity index (χ3v) is 2.70. The maximum absolute atomic E-state index is 8.95. The third kappa shape index (κ3) is 1.79. The highest BCUT2D eigenvalue weighted by Gasteiger charge is 2.02. The molecule has 0 unspecified atom stereocenters. The standard InChI is InChI=1S/C13H11N3O/c17-9-12-8-16(15-14-12)13-6-5-10-3-1-2-4-11(10)7-13/h1-8,17H,9H2. The van der Waals surface area contributed by atoms with Gasteiger partial charge in [-0.15, -0.1) is 5.10 Å². The number of aromatic nitrogens is 3. The van der Waals surface area contributed by atoms with E-state index in [1.165, 1.54) is 5.39 Å². The van der Waals surface area contributed by atoms with E-state index in [9.17, 15) is 0 Å². The largest absolute Gasteiger partial charge is 0.390 e. The molecule has 17 heavy (non-hydrogen) atoms. The molecule has 4 heteroatoms. The summed E-state index contributed by atoms with van der Waals surface area (Å²) in [7, 11) is 0. The van der Waals surface area contributed by atoms with Crippen LogP contribution in [0.2, 0.25) is 0 Å². The lowest BCUT2D eigenvalue weighted by Crippen LogP contribution is -1.94. The molecule has 0 aliphatic rings. The minimum absolute atomic E-state index is 0.0897. The van der Waals surface area contributed by atoms with Gasteiger partial charge in [0.25, 0.3) is 0 Å². The first-order valence-corrected chi connectivity index (χ1v) is 5.38. The molecular weight excluding hydrogens is 214 g/mol.